The summed E-state index contributed by atoms with van der Waals surface area (Å²) in [5, 5.41) is 4.28. The highest BCUT2D eigenvalue weighted by Crippen LogP contribution is 2.61. The zero-order valence-electron chi connectivity index (χ0n) is 36.7. The molecular formula is C60H46F4Si2. The van der Waals surface area contributed by atoms with Gasteiger partial charge in [0.25, 0.3) is 0 Å². The molecule has 0 radical (unpaired) electrons. The van der Waals surface area contributed by atoms with Crippen LogP contribution in [0.2, 0.25) is 25.2 Å². The van der Waals surface area contributed by atoms with Gasteiger partial charge in [0.15, 0.2) is 0 Å². The van der Waals surface area contributed by atoms with Crippen molar-refractivity contribution in [3.05, 3.63) is 286 Å². The van der Waals surface area contributed by atoms with Crippen LogP contribution in [0.15, 0.2) is 218 Å². The summed E-state index contributed by atoms with van der Waals surface area (Å²) in [5.41, 5.74) is 11.2. The maximum Gasteiger partial charge on any atom is 0.123 e. The summed E-state index contributed by atoms with van der Waals surface area (Å²) in [4.78, 5) is 0. The molecule has 6 heteroatoms. The van der Waals surface area contributed by atoms with Crippen LogP contribution in [-0.4, -0.2) is 16.1 Å². The first-order chi connectivity index (χ1) is 32.1. The summed E-state index contributed by atoms with van der Waals surface area (Å²) in [7, 11) is -6.39. The van der Waals surface area contributed by atoms with Crippen molar-refractivity contribution in [3.8, 4) is 0 Å². The van der Waals surface area contributed by atoms with Gasteiger partial charge in [0.05, 0.1) is 0 Å². The van der Waals surface area contributed by atoms with Gasteiger partial charge in [-0.2, -0.15) is 0 Å². The van der Waals surface area contributed by atoms with Crippen molar-refractivity contribution < 1.29 is 17.6 Å². The van der Waals surface area contributed by atoms with Gasteiger partial charge in [0, 0.05) is 0 Å². The van der Waals surface area contributed by atoms with Crippen molar-refractivity contribution in [2.45, 2.75) is 25.2 Å². The summed E-state index contributed by atoms with van der Waals surface area (Å²) >= 11 is 0. The Hall–Kier alpha value is -7.13. The average molecular weight is 899 g/mol. The van der Waals surface area contributed by atoms with E-state index in [2.05, 4.69) is 61.6 Å². The average Bonchev–Trinajstić information content (AvgIpc) is 3.78. The molecule has 0 saturated heterocycles. The van der Waals surface area contributed by atoms with Gasteiger partial charge in [-0.1, -0.05) is 195 Å². The first-order valence-electron chi connectivity index (χ1n) is 22.4. The SMILES string of the molecule is C[Si]1(CC[Si]2(C)C(c3cccc(F)c3)=C(c3ccccc3)C(c3ccccc3)=C2c2cccc(F)c2)C(c2cccc(F)c2)=C(c2ccccc2)C(c2ccccc2)=C1c1cccc(F)c1. The monoisotopic (exact) mass is 898 g/mol. The van der Waals surface area contributed by atoms with Gasteiger partial charge in [0.1, 0.15) is 39.4 Å². The summed E-state index contributed by atoms with van der Waals surface area (Å²) < 4.78 is 63.2. The first-order valence-corrected chi connectivity index (χ1v) is 27.8. The van der Waals surface area contributed by atoms with Crippen LogP contribution in [0.4, 0.5) is 17.6 Å². The van der Waals surface area contributed by atoms with Crippen molar-refractivity contribution in [2.75, 3.05) is 0 Å². The van der Waals surface area contributed by atoms with E-state index in [9.17, 15) is 0 Å². The molecule has 0 amide bonds. The third-order valence-corrected chi connectivity index (χ3v) is 23.1. The predicted molar refractivity (Wildman–Crippen MR) is 271 cm³/mol. The lowest BCUT2D eigenvalue weighted by Crippen LogP contribution is -2.39. The molecule has 0 aliphatic carbocycles. The van der Waals surface area contributed by atoms with Gasteiger partial charge in [-0.25, -0.2) is 17.6 Å². The van der Waals surface area contributed by atoms with E-state index in [1.807, 2.05) is 97.1 Å². The Balaban J connectivity index is 1.31. The Morgan fingerprint density at radius 2 is 0.455 bits per heavy atom. The molecular weight excluding hydrogens is 853 g/mol. The van der Waals surface area contributed by atoms with Crippen LogP contribution >= 0.6 is 0 Å². The first kappa shape index (κ1) is 42.8. The van der Waals surface area contributed by atoms with E-state index in [0.29, 0.717) is 12.1 Å². The predicted octanol–water partition coefficient (Wildman–Crippen LogP) is 16.3. The second-order valence-electron chi connectivity index (χ2n) is 17.7. The summed E-state index contributed by atoms with van der Waals surface area (Å²) in [6, 6.07) is 70.1. The third-order valence-electron chi connectivity index (χ3n) is 13.5. The minimum atomic E-state index is -3.20. The van der Waals surface area contributed by atoms with Crippen LogP contribution in [0.3, 0.4) is 0 Å². The minimum Gasteiger partial charge on any atom is -0.207 e. The van der Waals surface area contributed by atoms with Crippen LogP contribution in [0.25, 0.3) is 43.1 Å². The highest BCUT2D eigenvalue weighted by molar-refractivity contribution is 7.17. The second-order valence-corrected chi connectivity index (χ2v) is 26.0. The fraction of sp³-hybridized carbons (Fsp3) is 0.0667. The largest absolute Gasteiger partial charge is 0.207 e. The molecule has 10 rings (SSSR count). The van der Waals surface area contributed by atoms with E-state index in [1.165, 1.54) is 24.3 Å². The number of benzene rings is 8. The Morgan fingerprint density at radius 3 is 0.652 bits per heavy atom. The number of allylic oxidation sites excluding steroid dienone is 4. The van der Waals surface area contributed by atoms with Crippen LogP contribution in [0.1, 0.15) is 44.5 Å². The molecule has 0 saturated carbocycles. The van der Waals surface area contributed by atoms with Crippen LogP contribution in [0, 0.1) is 23.3 Å². The molecule has 8 aromatic rings. The van der Waals surface area contributed by atoms with E-state index >= 15 is 17.6 Å². The molecule has 0 unspecified atom stereocenters. The summed E-state index contributed by atoms with van der Waals surface area (Å²) in [5.74, 6) is -1.36. The van der Waals surface area contributed by atoms with E-state index < -0.39 is 16.1 Å². The van der Waals surface area contributed by atoms with Crippen molar-refractivity contribution >= 4 is 59.2 Å². The molecule has 0 N–H and O–H groups in total. The lowest BCUT2D eigenvalue weighted by Gasteiger charge is -2.37. The lowest BCUT2D eigenvalue weighted by atomic mass is 9.89. The van der Waals surface area contributed by atoms with E-state index in [1.54, 1.807) is 48.5 Å². The zero-order chi connectivity index (χ0) is 45.4. The van der Waals surface area contributed by atoms with Crippen LogP contribution < -0.4 is 0 Å². The lowest BCUT2D eigenvalue weighted by molar-refractivity contribution is 0.627. The molecule has 0 bridgehead atoms. The van der Waals surface area contributed by atoms with Gasteiger partial charge < -0.3 is 0 Å². The maximum atomic E-state index is 15.8. The van der Waals surface area contributed by atoms with Gasteiger partial charge in [0.2, 0.25) is 0 Å². The Labute approximate surface area is 386 Å². The highest BCUT2D eigenvalue weighted by atomic mass is 28.3. The fourth-order valence-electron chi connectivity index (χ4n) is 10.9. The normalized spacial score (nSPS) is 15.5. The molecule has 2 aliphatic rings. The summed E-state index contributed by atoms with van der Waals surface area (Å²) in [6.45, 7) is 4.73. The van der Waals surface area contributed by atoms with E-state index in [4.69, 9.17) is 0 Å². The van der Waals surface area contributed by atoms with Crippen molar-refractivity contribution in [3.63, 3.8) is 0 Å². The minimum absolute atomic E-state index is 0.339. The van der Waals surface area contributed by atoms with Crippen LogP contribution in [-0.2, 0) is 0 Å². The van der Waals surface area contributed by atoms with Gasteiger partial charge in [-0.15, -0.1) is 0 Å². The van der Waals surface area contributed by atoms with Crippen LogP contribution in [0.5, 0.6) is 0 Å². The molecule has 2 aliphatic heterocycles. The maximum absolute atomic E-state index is 15.8. The second kappa shape index (κ2) is 17.7. The van der Waals surface area contributed by atoms with Gasteiger partial charge >= 0.3 is 0 Å². The molecule has 66 heavy (non-hydrogen) atoms. The quantitative estimate of drug-likeness (QED) is 0.0896. The molecule has 8 aromatic carbocycles. The smallest absolute Gasteiger partial charge is 0.123 e. The van der Waals surface area contributed by atoms with Crippen molar-refractivity contribution in [1.29, 1.82) is 0 Å². The number of hydrogen-bond acceptors (Lipinski definition) is 0. The third kappa shape index (κ3) is 7.70. The molecule has 322 valence electrons. The number of rotatable bonds is 11. The fourth-order valence-corrected chi connectivity index (χ4v) is 22.8. The summed E-state index contributed by atoms with van der Waals surface area (Å²) in [6.07, 6.45) is 0. The Morgan fingerprint density at radius 1 is 0.258 bits per heavy atom. The molecule has 0 spiro atoms. The van der Waals surface area contributed by atoms with Crippen molar-refractivity contribution in [2.24, 2.45) is 0 Å². The van der Waals surface area contributed by atoms with Gasteiger partial charge in [-0.3, -0.25) is 0 Å². The van der Waals surface area contributed by atoms with Gasteiger partial charge in [-0.05, 0) is 136 Å². The van der Waals surface area contributed by atoms with E-state index in [0.717, 1.165) is 87.6 Å². The molecule has 0 aromatic heterocycles. The van der Waals surface area contributed by atoms with E-state index in [-0.39, 0.29) is 23.3 Å². The standard InChI is InChI=1S/C60H46F4Si2/c1-65(57(45-27-15-31-49(61)37-45)53(41-19-7-3-8-20-41)54(42-21-9-4-10-22-42)58(65)46-28-16-32-50(62)38-46)35-36-66(2)59(47-29-17-33-51(63)39-47)55(43-23-11-5-12-24-43)56(44-25-13-6-14-26-44)60(66)48-30-18-34-52(64)40-48/h3-34,37-40H,35-36H2,1-2H3. The highest BCUT2D eigenvalue weighted by Gasteiger charge is 2.52. The number of hydrogen-bond donors (Lipinski definition) is 0. The number of halogens is 4. The molecule has 0 atom stereocenters. The molecule has 0 nitrogen and oxygen atoms in total. The molecule has 0 fully saturated rings. The topological polar surface area (TPSA) is 0 Å². The zero-order valence-corrected chi connectivity index (χ0v) is 38.7. The Bertz CT molecular complexity index is 2810. The van der Waals surface area contributed by atoms with Crippen molar-refractivity contribution in [1.82, 2.24) is 0 Å². The molecule has 2 heterocycles. The Kier molecular flexibility index (Phi) is 11.5.